The van der Waals surface area contributed by atoms with E-state index >= 15 is 0 Å². The Kier molecular flexibility index (Phi) is 8.16. The van der Waals surface area contributed by atoms with E-state index in [0.29, 0.717) is 5.92 Å². The fourth-order valence-corrected chi connectivity index (χ4v) is 10.9. The van der Waals surface area contributed by atoms with Crippen LogP contribution in [0.5, 0.6) is 0 Å². The molecule has 1 nitrogen and oxygen atoms in total. The van der Waals surface area contributed by atoms with E-state index in [1.807, 2.05) is 0 Å². The molecule has 0 radical (unpaired) electrons. The highest BCUT2D eigenvalue weighted by molar-refractivity contribution is 5.95. The highest BCUT2D eigenvalue weighted by Gasteiger charge is 2.40. The van der Waals surface area contributed by atoms with E-state index < -0.39 is 0 Å². The first kappa shape index (κ1) is 32.7. The van der Waals surface area contributed by atoms with Crippen molar-refractivity contribution in [2.45, 2.75) is 88.9 Å². The number of hydrogen-bond donors (Lipinski definition) is 0. The number of rotatable bonds is 7. The van der Waals surface area contributed by atoms with Gasteiger partial charge in [-0.25, -0.2) is 0 Å². The lowest BCUT2D eigenvalue weighted by molar-refractivity contribution is 0.420. The molecule has 4 aliphatic carbocycles. The predicted molar refractivity (Wildman–Crippen MR) is 224 cm³/mol. The third kappa shape index (κ3) is 5.75. The molecule has 1 heteroatoms. The Balaban J connectivity index is 1.15. The summed E-state index contributed by atoms with van der Waals surface area (Å²) in [6.45, 7) is 4.85. The van der Waals surface area contributed by atoms with Crippen molar-refractivity contribution < 1.29 is 0 Å². The van der Waals surface area contributed by atoms with Crippen LogP contribution in [0, 0.1) is 11.8 Å². The van der Waals surface area contributed by atoms with Gasteiger partial charge in [0.1, 0.15) is 0 Å². The van der Waals surface area contributed by atoms with Crippen molar-refractivity contribution in [2.75, 3.05) is 4.90 Å². The number of anilines is 3. The SMILES string of the molecule is CC1(C)c2cc(-c3ccccc3)ccc2-c2cc(-c3ccccc3)c(N(c3ccc(C4CC5CCC4C5)cc3)c3cccc(C4CCCCC4)c3)cc21. The standard InChI is InChI=1S/C52H51N/c1-52(2)49-32-41(37-15-8-4-9-16-37)25-28-45(49)48-33-47(38-17-10-5-11-18-38)51(34-50(48)52)53(44-20-12-19-40(31-44)36-13-6-3-7-14-36)43-26-23-39(24-27-43)46-30-35-21-22-42(46)29-35/h4-5,8-12,15-20,23-28,31-36,42,46H,3,6-7,13-14,21-22,29-30H2,1-2H3. The van der Waals surface area contributed by atoms with Crippen LogP contribution in [0.25, 0.3) is 33.4 Å². The topological polar surface area (TPSA) is 3.24 Å². The van der Waals surface area contributed by atoms with Crippen molar-refractivity contribution in [3.05, 3.63) is 162 Å². The van der Waals surface area contributed by atoms with Gasteiger partial charge < -0.3 is 4.90 Å². The molecule has 6 aromatic rings. The lowest BCUT2D eigenvalue weighted by atomic mass is 9.80. The second-order valence-electron chi connectivity index (χ2n) is 17.2. The van der Waals surface area contributed by atoms with Gasteiger partial charge in [-0.2, -0.15) is 0 Å². The molecule has 6 aromatic carbocycles. The molecule has 4 aliphatic rings. The van der Waals surface area contributed by atoms with E-state index in [0.717, 1.165) is 17.8 Å². The first-order chi connectivity index (χ1) is 26.0. The lowest BCUT2D eigenvalue weighted by Crippen LogP contribution is -2.17. The molecule has 0 aliphatic heterocycles. The maximum atomic E-state index is 2.59. The summed E-state index contributed by atoms with van der Waals surface area (Å²) < 4.78 is 0. The van der Waals surface area contributed by atoms with Crippen molar-refractivity contribution in [1.82, 2.24) is 0 Å². The third-order valence-corrected chi connectivity index (χ3v) is 13.7. The van der Waals surface area contributed by atoms with E-state index in [-0.39, 0.29) is 5.41 Å². The summed E-state index contributed by atoms with van der Waals surface area (Å²) in [5.74, 6) is 3.19. The van der Waals surface area contributed by atoms with Crippen LogP contribution in [-0.2, 0) is 5.41 Å². The van der Waals surface area contributed by atoms with Crippen LogP contribution in [0.1, 0.15) is 106 Å². The molecule has 3 saturated carbocycles. The summed E-state index contributed by atoms with van der Waals surface area (Å²) in [6, 6.07) is 53.5. The predicted octanol–water partition coefficient (Wildman–Crippen LogP) is 14.7. The van der Waals surface area contributed by atoms with Gasteiger partial charge in [0.2, 0.25) is 0 Å². The smallest absolute Gasteiger partial charge is 0.0543 e. The van der Waals surface area contributed by atoms with Gasteiger partial charge in [0.15, 0.2) is 0 Å². The van der Waals surface area contributed by atoms with Crippen molar-refractivity contribution in [1.29, 1.82) is 0 Å². The first-order valence-corrected chi connectivity index (χ1v) is 20.5. The molecule has 264 valence electrons. The average molecular weight is 690 g/mol. The molecule has 3 fully saturated rings. The number of hydrogen-bond acceptors (Lipinski definition) is 1. The quantitative estimate of drug-likeness (QED) is 0.161. The average Bonchev–Trinajstić information content (AvgIpc) is 3.92. The van der Waals surface area contributed by atoms with Crippen LogP contribution < -0.4 is 4.90 Å². The van der Waals surface area contributed by atoms with E-state index in [1.165, 1.54) is 125 Å². The van der Waals surface area contributed by atoms with Gasteiger partial charge in [-0.05, 0) is 148 Å². The highest BCUT2D eigenvalue weighted by Crippen LogP contribution is 2.56. The maximum absolute atomic E-state index is 2.59. The molecule has 3 unspecified atom stereocenters. The minimum atomic E-state index is -0.152. The van der Waals surface area contributed by atoms with Crippen LogP contribution in [0.15, 0.2) is 140 Å². The van der Waals surface area contributed by atoms with Gasteiger partial charge in [-0.1, -0.05) is 137 Å². The van der Waals surface area contributed by atoms with Crippen molar-refractivity contribution in [3.63, 3.8) is 0 Å². The van der Waals surface area contributed by atoms with Gasteiger partial charge in [0.25, 0.3) is 0 Å². The number of fused-ring (bicyclic) bond motifs is 5. The van der Waals surface area contributed by atoms with Crippen LogP contribution in [-0.4, -0.2) is 0 Å². The minimum absolute atomic E-state index is 0.152. The van der Waals surface area contributed by atoms with Crippen molar-refractivity contribution >= 4 is 17.1 Å². The second-order valence-corrected chi connectivity index (χ2v) is 17.2. The van der Waals surface area contributed by atoms with Crippen LogP contribution in [0.3, 0.4) is 0 Å². The summed E-state index contributed by atoms with van der Waals surface area (Å²) in [7, 11) is 0. The molecule has 3 atom stereocenters. The maximum Gasteiger partial charge on any atom is 0.0543 e. The lowest BCUT2D eigenvalue weighted by Gasteiger charge is -2.32. The number of benzene rings is 6. The van der Waals surface area contributed by atoms with Crippen LogP contribution >= 0.6 is 0 Å². The third-order valence-electron chi connectivity index (χ3n) is 13.7. The fourth-order valence-electron chi connectivity index (χ4n) is 10.9. The molecule has 0 heterocycles. The summed E-state index contributed by atoms with van der Waals surface area (Å²) in [4.78, 5) is 2.59. The molecule has 0 amide bonds. The van der Waals surface area contributed by atoms with Gasteiger partial charge in [-0.15, -0.1) is 0 Å². The molecule has 0 N–H and O–H groups in total. The van der Waals surface area contributed by atoms with Gasteiger partial charge in [-0.3, -0.25) is 0 Å². The Morgan fingerprint density at radius 3 is 1.94 bits per heavy atom. The Hall–Kier alpha value is -4.88. The van der Waals surface area contributed by atoms with Crippen LogP contribution in [0.2, 0.25) is 0 Å². The largest absolute Gasteiger partial charge is 0.310 e. The molecular formula is C52H51N. The van der Waals surface area contributed by atoms with Gasteiger partial charge in [0.05, 0.1) is 5.69 Å². The molecule has 53 heavy (non-hydrogen) atoms. The molecule has 0 spiro atoms. The van der Waals surface area contributed by atoms with Crippen molar-refractivity contribution in [3.8, 4) is 33.4 Å². The van der Waals surface area contributed by atoms with Crippen LogP contribution in [0.4, 0.5) is 17.1 Å². The first-order valence-electron chi connectivity index (χ1n) is 20.5. The number of nitrogens with zero attached hydrogens (tertiary/aromatic N) is 1. The highest BCUT2D eigenvalue weighted by atomic mass is 15.1. The Morgan fingerprint density at radius 1 is 0.491 bits per heavy atom. The molecular weight excluding hydrogens is 639 g/mol. The van der Waals surface area contributed by atoms with E-state index in [1.54, 1.807) is 5.56 Å². The summed E-state index contributed by atoms with van der Waals surface area (Å²) in [5, 5.41) is 0. The Labute approximate surface area is 316 Å². The molecule has 0 aromatic heterocycles. The zero-order valence-corrected chi connectivity index (χ0v) is 31.4. The molecule has 0 saturated heterocycles. The summed E-state index contributed by atoms with van der Waals surface area (Å²) in [6.07, 6.45) is 12.3. The van der Waals surface area contributed by atoms with Gasteiger partial charge in [0, 0.05) is 22.4 Å². The van der Waals surface area contributed by atoms with E-state index in [9.17, 15) is 0 Å². The zero-order valence-electron chi connectivity index (χ0n) is 31.4. The van der Waals surface area contributed by atoms with E-state index in [4.69, 9.17) is 0 Å². The van der Waals surface area contributed by atoms with Gasteiger partial charge >= 0.3 is 0 Å². The monoisotopic (exact) mass is 689 g/mol. The van der Waals surface area contributed by atoms with Crippen molar-refractivity contribution in [2.24, 2.45) is 11.8 Å². The minimum Gasteiger partial charge on any atom is -0.310 e. The summed E-state index contributed by atoms with van der Waals surface area (Å²) >= 11 is 0. The Bertz CT molecular complexity index is 2260. The molecule has 2 bridgehead atoms. The normalized spacial score (nSPS) is 21.4. The second kappa shape index (κ2) is 13.2. The summed E-state index contributed by atoms with van der Waals surface area (Å²) in [5.41, 5.74) is 17.3. The molecule has 10 rings (SSSR count). The zero-order chi connectivity index (χ0) is 35.5. The fraction of sp³-hybridized carbons (Fsp3) is 0.308. The Morgan fingerprint density at radius 2 is 1.23 bits per heavy atom. The van der Waals surface area contributed by atoms with E-state index in [2.05, 4.69) is 158 Å².